The molecule has 27 heavy (non-hydrogen) atoms. The van der Waals surface area contributed by atoms with E-state index in [4.69, 9.17) is 11.6 Å². The average molecular weight is 373 g/mol. The van der Waals surface area contributed by atoms with Crippen LogP contribution in [0.3, 0.4) is 0 Å². The molecule has 0 saturated heterocycles. The Hall–Kier alpha value is -3.37. The molecule has 2 N–H and O–H groups in total. The van der Waals surface area contributed by atoms with Gasteiger partial charge in [0.15, 0.2) is 0 Å². The van der Waals surface area contributed by atoms with E-state index in [1.807, 2.05) is 42.5 Å². The summed E-state index contributed by atoms with van der Waals surface area (Å²) >= 11 is 5.95. The first kappa shape index (κ1) is 15.9. The highest BCUT2D eigenvalue weighted by Gasteiger charge is 2.41. The van der Waals surface area contributed by atoms with Crippen molar-refractivity contribution in [3.05, 3.63) is 94.0 Å². The fourth-order valence-corrected chi connectivity index (χ4v) is 3.79. The second-order valence-corrected chi connectivity index (χ2v) is 6.88. The van der Waals surface area contributed by atoms with E-state index in [1.165, 1.54) is 0 Å². The number of nitrogens with one attached hydrogen (secondary N) is 2. The Morgan fingerprint density at radius 2 is 1.30 bits per heavy atom. The van der Waals surface area contributed by atoms with Crippen LogP contribution in [0.5, 0.6) is 0 Å². The minimum absolute atomic E-state index is 0.281. The molecule has 130 valence electrons. The molecule has 0 radical (unpaired) electrons. The normalized spacial score (nSPS) is 16.0. The zero-order valence-electron chi connectivity index (χ0n) is 14.0. The molecule has 2 heterocycles. The molecule has 4 nitrogen and oxygen atoms in total. The Morgan fingerprint density at radius 1 is 0.667 bits per heavy atom. The fourth-order valence-electron chi connectivity index (χ4n) is 3.66. The number of rotatable bonds is 2. The summed E-state index contributed by atoms with van der Waals surface area (Å²) in [6.45, 7) is 0. The number of carbonyl (C=O) groups is 2. The predicted molar refractivity (Wildman–Crippen MR) is 106 cm³/mol. The number of amides is 2. The maximum Gasteiger partial charge on any atom is 0.258 e. The second-order valence-electron chi connectivity index (χ2n) is 6.44. The third-order valence-corrected chi connectivity index (χ3v) is 5.13. The van der Waals surface area contributed by atoms with Crippen LogP contribution in [-0.2, 0) is 9.59 Å². The van der Waals surface area contributed by atoms with Crippen LogP contribution in [-0.4, -0.2) is 11.8 Å². The largest absolute Gasteiger partial charge is 0.321 e. The second kappa shape index (κ2) is 5.83. The lowest BCUT2D eigenvalue weighted by Crippen LogP contribution is -2.21. The Labute approximate surface area is 160 Å². The standard InChI is InChI=1S/C22H13ClN2O2/c23-14-10-8-13(9-11-14)19-17-18(22(27)24-19)20(25-21(17)26)16-7-3-5-12-4-1-2-6-15(12)16/h1-11H,(H,24,27)(H,25,26). The lowest BCUT2D eigenvalue weighted by Gasteiger charge is -2.10. The molecule has 5 heteroatoms. The summed E-state index contributed by atoms with van der Waals surface area (Å²) in [7, 11) is 0. The highest BCUT2D eigenvalue weighted by Crippen LogP contribution is 2.39. The summed E-state index contributed by atoms with van der Waals surface area (Å²) in [6, 6.07) is 20.8. The van der Waals surface area contributed by atoms with Crippen molar-refractivity contribution in [3.8, 4) is 0 Å². The maximum absolute atomic E-state index is 12.7. The zero-order valence-corrected chi connectivity index (χ0v) is 14.8. The Balaban J connectivity index is 1.75. The van der Waals surface area contributed by atoms with Gasteiger partial charge >= 0.3 is 0 Å². The van der Waals surface area contributed by atoms with Crippen LogP contribution in [0.1, 0.15) is 11.1 Å². The summed E-state index contributed by atoms with van der Waals surface area (Å²) in [5, 5.41) is 8.38. The van der Waals surface area contributed by atoms with Crippen molar-refractivity contribution in [2.75, 3.05) is 0 Å². The lowest BCUT2D eigenvalue weighted by atomic mass is 9.98. The molecule has 0 saturated carbocycles. The minimum atomic E-state index is -0.281. The number of fused-ring (bicyclic) bond motifs is 2. The number of benzene rings is 3. The monoisotopic (exact) mass is 372 g/mol. The number of carbonyl (C=O) groups excluding carboxylic acids is 2. The molecule has 5 rings (SSSR count). The van der Waals surface area contributed by atoms with E-state index in [9.17, 15) is 9.59 Å². The summed E-state index contributed by atoms with van der Waals surface area (Å²) in [5.41, 5.74) is 3.41. The molecular weight excluding hydrogens is 360 g/mol. The fraction of sp³-hybridized carbons (Fsp3) is 0. The molecule has 3 aromatic rings. The Kier molecular flexibility index (Phi) is 3.42. The van der Waals surface area contributed by atoms with Gasteiger partial charge in [-0.2, -0.15) is 0 Å². The van der Waals surface area contributed by atoms with E-state index in [-0.39, 0.29) is 11.8 Å². The topological polar surface area (TPSA) is 58.2 Å². The van der Waals surface area contributed by atoms with Crippen molar-refractivity contribution in [2.24, 2.45) is 0 Å². The van der Waals surface area contributed by atoms with Crippen molar-refractivity contribution in [1.82, 2.24) is 10.6 Å². The highest BCUT2D eigenvalue weighted by molar-refractivity contribution is 6.32. The Bertz CT molecular complexity index is 1200. The van der Waals surface area contributed by atoms with Crippen molar-refractivity contribution in [1.29, 1.82) is 0 Å². The van der Waals surface area contributed by atoms with Gasteiger partial charge in [-0.25, -0.2) is 0 Å². The molecule has 0 aromatic heterocycles. The van der Waals surface area contributed by atoms with Gasteiger partial charge in [-0.1, -0.05) is 66.2 Å². The number of hydrogen-bond donors (Lipinski definition) is 2. The van der Waals surface area contributed by atoms with Crippen LogP contribution in [0.2, 0.25) is 5.02 Å². The first-order valence-corrected chi connectivity index (χ1v) is 8.87. The van der Waals surface area contributed by atoms with Crippen molar-refractivity contribution < 1.29 is 9.59 Å². The molecule has 0 spiro atoms. The SMILES string of the molecule is O=C1NC(c2cccc3ccccc23)=C2C(=O)NC(c3ccc(Cl)cc3)=C12. The van der Waals surface area contributed by atoms with Gasteiger partial charge in [0.1, 0.15) is 0 Å². The molecule has 2 amide bonds. The molecule has 0 atom stereocenters. The molecule has 0 aliphatic carbocycles. The summed E-state index contributed by atoms with van der Waals surface area (Å²) in [6.07, 6.45) is 0. The summed E-state index contributed by atoms with van der Waals surface area (Å²) in [4.78, 5) is 25.5. The lowest BCUT2D eigenvalue weighted by molar-refractivity contribution is -0.117. The van der Waals surface area contributed by atoms with Crippen LogP contribution in [0.15, 0.2) is 77.9 Å². The maximum atomic E-state index is 12.7. The number of halogens is 1. The third kappa shape index (κ3) is 2.38. The first-order chi connectivity index (χ1) is 13.1. The van der Waals surface area contributed by atoms with E-state index in [0.717, 1.165) is 21.9 Å². The quantitative estimate of drug-likeness (QED) is 0.717. The smallest absolute Gasteiger partial charge is 0.258 e. The minimum Gasteiger partial charge on any atom is -0.321 e. The molecule has 2 aliphatic heterocycles. The van der Waals surface area contributed by atoms with Gasteiger partial charge in [0, 0.05) is 10.6 Å². The highest BCUT2D eigenvalue weighted by atomic mass is 35.5. The van der Waals surface area contributed by atoms with E-state index in [0.29, 0.717) is 27.6 Å². The van der Waals surface area contributed by atoms with Crippen molar-refractivity contribution in [2.45, 2.75) is 0 Å². The van der Waals surface area contributed by atoms with Gasteiger partial charge in [0.25, 0.3) is 11.8 Å². The van der Waals surface area contributed by atoms with E-state index < -0.39 is 0 Å². The molecule has 0 bridgehead atoms. The van der Waals surface area contributed by atoms with E-state index >= 15 is 0 Å². The van der Waals surface area contributed by atoms with Crippen LogP contribution < -0.4 is 10.6 Å². The van der Waals surface area contributed by atoms with Gasteiger partial charge in [-0.05, 0) is 28.5 Å². The van der Waals surface area contributed by atoms with Gasteiger partial charge in [-0.15, -0.1) is 0 Å². The van der Waals surface area contributed by atoms with Crippen LogP contribution in [0.25, 0.3) is 22.2 Å². The summed E-state index contributed by atoms with van der Waals surface area (Å²) < 4.78 is 0. The predicted octanol–water partition coefficient (Wildman–Crippen LogP) is 3.88. The van der Waals surface area contributed by atoms with Gasteiger partial charge in [0.05, 0.1) is 22.5 Å². The van der Waals surface area contributed by atoms with Gasteiger partial charge in [-0.3, -0.25) is 9.59 Å². The van der Waals surface area contributed by atoms with Crippen molar-refractivity contribution >= 4 is 45.6 Å². The van der Waals surface area contributed by atoms with Crippen molar-refractivity contribution in [3.63, 3.8) is 0 Å². The van der Waals surface area contributed by atoms with E-state index in [2.05, 4.69) is 10.6 Å². The third-order valence-electron chi connectivity index (χ3n) is 4.87. The van der Waals surface area contributed by atoms with Crippen LogP contribution >= 0.6 is 11.6 Å². The van der Waals surface area contributed by atoms with Gasteiger partial charge in [0.2, 0.25) is 0 Å². The summed E-state index contributed by atoms with van der Waals surface area (Å²) in [5.74, 6) is -0.563. The molecular formula is C22H13ClN2O2. The van der Waals surface area contributed by atoms with E-state index in [1.54, 1.807) is 24.3 Å². The van der Waals surface area contributed by atoms with Gasteiger partial charge < -0.3 is 10.6 Å². The molecule has 3 aromatic carbocycles. The van der Waals surface area contributed by atoms with Crippen LogP contribution in [0.4, 0.5) is 0 Å². The average Bonchev–Trinajstić information content (AvgIpc) is 3.21. The Morgan fingerprint density at radius 3 is 2.07 bits per heavy atom. The molecule has 0 unspecified atom stereocenters. The number of hydrogen-bond acceptors (Lipinski definition) is 2. The first-order valence-electron chi connectivity index (χ1n) is 8.49. The zero-order chi connectivity index (χ0) is 18.5. The van der Waals surface area contributed by atoms with Crippen LogP contribution in [0, 0.1) is 0 Å². The molecule has 0 fully saturated rings. The molecule has 2 aliphatic rings.